The van der Waals surface area contributed by atoms with Crippen molar-refractivity contribution in [3.8, 4) is 17.2 Å². The second-order valence-corrected chi connectivity index (χ2v) is 11.9. The summed E-state index contributed by atoms with van der Waals surface area (Å²) in [6.07, 6.45) is 3.65. The maximum Gasteiger partial charge on any atom is 0.375 e. The molecule has 41 heavy (non-hydrogen) atoms. The van der Waals surface area contributed by atoms with Gasteiger partial charge < -0.3 is 29.0 Å². The van der Waals surface area contributed by atoms with E-state index < -0.39 is 16.2 Å². The summed E-state index contributed by atoms with van der Waals surface area (Å²) >= 11 is 0. The average Bonchev–Trinajstić information content (AvgIpc) is 3.39. The molecule has 1 aromatic heterocycles. The number of methoxy groups -OCH3 is 3. The number of nitrogens with one attached hydrogen (secondary N) is 1. The molecule has 2 aliphatic heterocycles. The van der Waals surface area contributed by atoms with Crippen LogP contribution >= 0.6 is 10.7 Å². The van der Waals surface area contributed by atoms with Crippen LogP contribution in [0.1, 0.15) is 32.3 Å². The van der Waals surface area contributed by atoms with Gasteiger partial charge in [0.05, 0.1) is 33.5 Å². The first kappa shape index (κ1) is 30.8. The highest BCUT2D eigenvalue weighted by Crippen LogP contribution is 2.39. The van der Waals surface area contributed by atoms with E-state index in [1.807, 2.05) is 35.5 Å². The van der Waals surface area contributed by atoms with Crippen LogP contribution in [0, 0.1) is 5.92 Å². The lowest BCUT2D eigenvalue weighted by Gasteiger charge is -2.47. The topological polar surface area (TPSA) is 122 Å². The molecule has 0 saturated carbocycles. The Balaban J connectivity index is 1.67. The van der Waals surface area contributed by atoms with Crippen molar-refractivity contribution in [2.24, 2.45) is 5.92 Å². The van der Waals surface area contributed by atoms with Crippen LogP contribution in [-0.4, -0.2) is 97.5 Å². The van der Waals surface area contributed by atoms with Crippen molar-refractivity contribution in [1.82, 2.24) is 19.7 Å². The van der Waals surface area contributed by atoms with Crippen LogP contribution in [-0.2, 0) is 11.3 Å². The first-order valence-corrected chi connectivity index (χ1v) is 15.0. The van der Waals surface area contributed by atoms with Crippen molar-refractivity contribution in [3.63, 3.8) is 0 Å². The molecule has 0 aliphatic carbocycles. The van der Waals surface area contributed by atoms with Gasteiger partial charge in [-0.3, -0.25) is 9.73 Å². The molecular weight excluding hydrogens is 548 g/mol. The number of nitrogens with zero attached hydrogens (tertiary/aromatic N) is 5. The van der Waals surface area contributed by atoms with Gasteiger partial charge in [0.2, 0.25) is 11.7 Å². The number of carbonyl (C=O) groups excluding carboxylic acids is 1. The van der Waals surface area contributed by atoms with Gasteiger partial charge in [-0.05, 0) is 72.4 Å². The smallest absolute Gasteiger partial charge is 0.375 e. The number of aliphatic hydroxyl groups excluding tert-OH is 1. The first-order valence-electron chi connectivity index (χ1n) is 13.7. The third-order valence-corrected chi connectivity index (χ3v) is 8.95. The number of ether oxygens (including phenoxy) is 4. The lowest BCUT2D eigenvalue weighted by Crippen LogP contribution is -2.62. The number of aromatic nitrogens is 2. The van der Waals surface area contributed by atoms with E-state index in [4.69, 9.17) is 28.9 Å². The summed E-state index contributed by atoms with van der Waals surface area (Å²) in [4.78, 5) is 24.3. The average molecular weight is 591 g/mol. The zero-order valence-corrected chi connectivity index (χ0v) is 25.6. The fourth-order valence-corrected chi connectivity index (χ4v) is 6.94. The molecule has 0 bridgehead atoms. The van der Waals surface area contributed by atoms with Gasteiger partial charge in [0.1, 0.15) is 5.82 Å². The molecule has 3 unspecified atom stereocenters. The minimum absolute atomic E-state index is 0.120. The summed E-state index contributed by atoms with van der Waals surface area (Å²) in [7, 11) is 5.89. The predicted octanol–water partition coefficient (Wildman–Crippen LogP) is 3.07. The molecule has 2 aliphatic rings. The van der Waals surface area contributed by atoms with Gasteiger partial charge in [-0.1, -0.05) is 0 Å². The molecule has 13 heteroatoms. The lowest BCUT2D eigenvalue weighted by molar-refractivity contribution is 0.0968. The summed E-state index contributed by atoms with van der Waals surface area (Å²) < 4.78 is 25.1. The largest absolute Gasteiger partial charge is 0.493 e. The number of piperidine rings is 1. The number of rotatable bonds is 11. The molecule has 3 atom stereocenters. The minimum Gasteiger partial charge on any atom is -0.493 e. The Bertz CT molecular complexity index is 1220. The van der Waals surface area contributed by atoms with Crippen molar-refractivity contribution in [2.45, 2.75) is 38.8 Å². The number of benzene rings is 1. The van der Waals surface area contributed by atoms with Crippen LogP contribution in [0.2, 0.25) is 0 Å². The molecule has 0 spiro atoms. The van der Waals surface area contributed by atoms with Crippen LogP contribution in [0.15, 0.2) is 24.4 Å². The molecule has 0 radical (unpaired) electrons. The van der Waals surface area contributed by atoms with Gasteiger partial charge in [0, 0.05) is 46.0 Å². The van der Waals surface area contributed by atoms with Crippen LogP contribution in [0.5, 0.6) is 17.2 Å². The summed E-state index contributed by atoms with van der Waals surface area (Å²) in [5.41, 5.74) is 0.362. The van der Waals surface area contributed by atoms with Crippen LogP contribution < -0.4 is 28.8 Å². The first-order chi connectivity index (χ1) is 19.8. The van der Waals surface area contributed by atoms with Gasteiger partial charge in [-0.25, -0.2) is 14.8 Å². The third-order valence-electron chi connectivity index (χ3n) is 7.27. The monoisotopic (exact) mass is 590 g/mol. The molecule has 4 rings (SSSR count). The van der Waals surface area contributed by atoms with Gasteiger partial charge >= 0.3 is 5.30 Å². The molecule has 2 aromatic rings. The Morgan fingerprint density at radius 3 is 2.61 bits per heavy atom. The van der Waals surface area contributed by atoms with E-state index in [1.54, 1.807) is 34.4 Å². The summed E-state index contributed by atoms with van der Waals surface area (Å²) in [6.45, 7) is 6.83. The minimum atomic E-state index is -0.855. The van der Waals surface area contributed by atoms with Crippen molar-refractivity contribution >= 4 is 33.1 Å². The Kier molecular flexibility index (Phi) is 10.3. The summed E-state index contributed by atoms with van der Waals surface area (Å²) in [5, 5.41) is 16.0. The Morgan fingerprint density at radius 2 is 1.98 bits per heavy atom. The summed E-state index contributed by atoms with van der Waals surface area (Å²) in [6, 6.07) is 5.71. The van der Waals surface area contributed by atoms with Crippen molar-refractivity contribution < 1.29 is 28.8 Å². The maximum absolute atomic E-state index is 12.6. The molecular formula is C28H42N6O6S. The Hall–Kier alpha value is -3.13. The van der Waals surface area contributed by atoms with Gasteiger partial charge in [-0.15, -0.1) is 0 Å². The van der Waals surface area contributed by atoms with E-state index in [-0.39, 0.29) is 17.8 Å². The molecule has 2 N–H and O–H groups in total. The van der Waals surface area contributed by atoms with E-state index in [9.17, 15) is 9.90 Å². The van der Waals surface area contributed by atoms with Crippen molar-refractivity contribution in [1.29, 1.82) is 0 Å². The zero-order valence-electron chi connectivity index (χ0n) is 24.8. The van der Waals surface area contributed by atoms with Crippen LogP contribution in [0.25, 0.3) is 0 Å². The predicted molar refractivity (Wildman–Crippen MR) is 161 cm³/mol. The van der Waals surface area contributed by atoms with E-state index >= 15 is 0 Å². The summed E-state index contributed by atoms with van der Waals surface area (Å²) in [5.74, 6) is 3.11. The highest BCUT2D eigenvalue weighted by Gasteiger charge is 2.42. The molecule has 12 nitrogen and oxygen atoms in total. The second-order valence-electron chi connectivity index (χ2n) is 10.3. The van der Waals surface area contributed by atoms with E-state index in [1.165, 1.54) is 0 Å². The van der Waals surface area contributed by atoms with Crippen LogP contribution in [0.3, 0.4) is 0 Å². The SMILES string of the molecule is CCOC(=O)S1=CC(C)(N(c2nccc(N(C)Cc3cc(OC)c(OC)c(OC)c3)n2)N2CCCC(CO)C2)CN1. The van der Waals surface area contributed by atoms with Gasteiger partial charge in [-0.2, -0.15) is 4.98 Å². The zero-order chi connectivity index (χ0) is 29.6. The van der Waals surface area contributed by atoms with Crippen molar-refractivity contribution in [2.75, 3.05) is 71.1 Å². The molecule has 1 fully saturated rings. The Morgan fingerprint density at radius 1 is 1.24 bits per heavy atom. The highest BCUT2D eigenvalue weighted by atomic mass is 32.2. The standard InChI is InChI=1S/C28H42N6O6S/c1-7-40-27(36)41-19-28(2,18-30-41)34(33-12-8-9-20(16-33)17-35)26-29-11-10-24(31-26)32(3)15-21-13-22(37-4)25(39-6)23(14-21)38-5/h10-11,13-14,19-20,30,35H,7-9,12,15-18H2,1-6H3. The quantitative estimate of drug-likeness (QED) is 0.295. The van der Waals surface area contributed by atoms with E-state index in [0.29, 0.717) is 49.4 Å². The second kappa shape index (κ2) is 13.7. The number of hydrogen-bond acceptors (Lipinski definition) is 12. The normalized spacial score (nSPS) is 22.5. The van der Waals surface area contributed by atoms with E-state index in [0.717, 1.165) is 30.8 Å². The van der Waals surface area contributed by atoms with Gasteiger partial charge in [0.25, 0.3) is 0 Å². The maximum atomic E-state index is 12.6. The number of aliphatic hydroxyl groups is 1. The van der Waals surface area contributed by atoms with Crippen molar-refractivity contribution in [3.05, 3.63) is 30.0 Å². The lowest BCUT2D eigenvalue weighted by atomic mass is 9.99. The molecule has 1 saturated heterocycles. The highest BCUT2D eigenvalue weighted by molar-refractivity contribution is 8.26. The molecule has 226 valence electrons. The third kappa shape index (κ3) is 6.85. The molecule has 0 amide bonds. The number of anilines is 2. The van der Waals surface area contributed by atoms with E-state index in [2.05, 4.69) is 21.7 Å². The number of hydrogen-bond donors (Lipinski definition) is 2. The number of carbonyl (C=O) groups is 1. The van der Waals surface area contributed by atoms with Gasteiger partial charge in [0.15, 0.2) is 11.5 Å². The number of hydrazine groups is 1. The van der Waals surface area contributed by atoms with Crippen LogP contribution in [0.4, 0.5) is 16.6 Å². The Labute approximate surface area is 244 Å². The fourth-order valence-electron chi connectivity index (χ4n) is 5.26. The fraction of sp³-hybridized carbons (Fsp3) is 0.571. The molecule has 3 heterocycles. The molecule has 1 aromatic carbocycles.